The van der Waals surface area contributed by atoms with Gasteiger partial charge in [-0.3, -0.25) is 4.79 Å². The highest BCUT2D eigenvalue weighted by Gasteiger charge is 2.18. The van der Waals surface area contributed by atoms with E-state index in [9.17, 15) is 4.79 Å². The number of benzene rings is 3. The van der Waals surface area contributed by atoms with E-state index in [0.717, 1.165) is 16.7 Å². The fraction of sp³-hybridized carbons (Fsp3) is 0.136. The number of nitrogens with one attached hydrogen (secondary N) is 1. The van der Waals surface area contributed by atoms with E-state index in [-0.39, 0.29) is 18.6 Å². The summed E-state index contributed by atoms with van der Waals surface area (Å²) in [4.78, 5) is 12.6. The summed E-state index contributed by atoms with van der Waals surface area (Å²) in [6.07, 6.45) is 0. The van der Waals surface area contributed by atoms with Gasteiger partial charge >= 0.3 is 0 Å². The number of aryl methyl sites for hydroxylation is 1. The minimum Gasteiger partial charge on any atom is -0.483 e. The van der Waals surface area contributed by atoms with Crippen molar-refractivity contribution in [2.45, 2.75) is 13.0 Å². The predicted octanol–water partition coefficient (Wildman–Crippen LogP) is 5.70. The molecule has 0 fully saturated rings. The van der Waals surface area contributed by atoms with Gasteiger partial charge in [-0.25, -0.2) is 0 Å². The Morgan fingerprint density at radius 1 is 1.07 bits per heavy atom. The Bertz CT molecular complexity index is 931. The van der Waals surface area contributed by atoms with Crippen molar-refractivity contribution in [3.8, 4) is 5.75 Å². The first-order valence-corrected chi connectivity index (χ1v) is 9.69. The van der Waals surface area contributed by atoms with Crippen LogP contribution in [0.3, 0.4) is 0 Å². The van der Waals surface area contributed by atoms with Crippen molar-refractivity contribution in [1.29, 1.82) is 0 Å². The zero-order valence-corrected chi connectivity index (χ0v) is 17.1. The topological polar surface area (TPSA) is 38.3 Å². The highest BCUT2D eigenvalue weighted by Crippen LogP contribution is 2.28. The third-order valence-electron chi connectivity index (χ3n) is 4.19. The molecule has 0 saturated carbocycles. The normalized spacial score (nSPS) is 11.7. The van der Waals surface area contributed by atoms with Crippen LogP contribution in [0.5, 0.6) is 5.75 Å². The van der Waals surface area contributed by atoms with Crippen molar-refractivity contribution in [3.63, 3.8) is 0 Å². The van der Waals surface area contributed by atoms with E-state index in [1.54, 1.807) is 18.2 Å². The summed E-state index contributed by atoms with van der Waals surface area (Å²) < 4.78 is 6.35. The Morgan fingerprint density at radius 2 is 1.78 bits per heavy atom. The molecule has 0 saturated heterocycles. The zero-order chi connectivity index (χ0) is 19.2. The molecule has 1 amide bonds. The Hall–Kier alpha value is -2.30. The van der Waals surface area contributed by atoms with Crippen LogP contribution < -0.4 is 10.1 Å². The second-order valence-electron chi connectivity index (χ2n) is 6.13. The third kappa shape index (κ3) is 5.12. The number of ether oxygens (including phenoxy) is 1. The first-order valence-electron chi connectivity index (χ1n) is 8.52. The van der Waals surface area contributed by atoms with E-state index in [1.165, 1.54) is 0 Å². The summed E-state index contributed by atoms with van der Waals surface area (Å²) in [6, 6.07) is 22.9. The van der Waals surface area contributed by atoms with Gasteiger partial charge in [0.2, 0.25) is 0 Å². The lowest BCUT2D eigenvalue weighted by molar-refractivity contribution is -0.123. The average molecular weight is 445 g/mol. The Morgan fingerprint density at radius 3 is 2.48 bits per heavy atom. The van der Waals surface area contributed by atoms with Gasteiger partial charge in [-0.2, -0.15) is 0 Å². The van der Waals surface area contributed by atoms with E-state index in [4.69, 9.17) is 16.3 Å². The maximum atomic E-state index is 12.6. The van der Waals surface area contributed by atoms with E-state index >= 15 is 0 Å². The molecule has 0 heterocycles. The van der Waals surface area contributed by atoms with Crippen LogP contribution in [0.15, 0.2) is 77.3 Å². The lowest BCUT2D eigenvalue weighted by atomic mass is 9.95. The second-order valence-corrected chi connectivity index (χ2v) is 7.42. The maximum absolute atomic E-state index is 12.6. The van der Waals surface area contributed by atoms with Crippen molar-refractivity contribution in [2.75, 3.05) is 6.61 Å². The molecule has 3 aromatic rings. The molecule has 0 bridgehead atoms. The van der Waals surface area contributed by atoms with E-state index in [2.05, 4.69) is 21.2 Å². The van der Waals surface area contributed by atoms with Gasteiger partial charge in [0.15, 0.2) is 6.61 Å². The number of carbonyl (C=O) groups is 1. The molecule has 138 valence electrons. The van der Waals surface area contributed by atoms with Crippen LogP contribution >= 0.6 is 27.5 Å². The van der Waals surface area contributed by atoms with Crippen molar-refractivity contribution in [2.24, 2.45) is 0 Å². The first kappa shape index (κ1) is 19.5. The minimum atomic E-state index is -0.239. The highest BCUT2D eigenvalue weighted by atomic mass is 79.9. The standard InChI is InChI=1S/C22H19BrClNO2/c1-15-7-5-6-10-18(15)22(16-8-3-2-4-9-16)25-21(26)14-27-20-12-11-17(24)13-19(20)23/h2-13,22H,14H2,1H3,(H,25,26)/t22-/m1/s1. The quantitative estimate of drug-likeness (QED) is 0.530. The lowest BCUT2D eigenvalue weighted by Crippen LogP contribution is -2.33. The van der Waals surface area contributed by atoms with Gasteiger partial charge < -0.3 is 10.1 Å². The average Bonchev–Trinajstić information content (AvgIpc) is 2.67. The van der Waals surface area contributed by atoms with Gasteiger partial charge in [0.1, 0.15) is 5.75 Å². The van der Waals surface area contributed by atoms with Gasteiger partial charge in [-0.15, -0.1) is 0 Å². The van der Waals surface area contributed by atoms with Crippen LogP contribution in [0.4, 0.5) is 0 Å². The Balaban J connectivity index is 1.76. The van der Waals surface area contributed by atoms with Gasteiger partial charge in [0.05, 0.1) is 10.5 Å². The van der Waals surface area contributed by atoms with Crippen molar-refractivity contribution >= 4 is 33.4 Å². The summed E-state index contributed by atoms with van der Waals surface area (Å²) in [5.74, 6) is 0.371. The van der Waals surface area contributed by atoms with Crippen molar-refractivity contribution < 1.29 is 9.53 Å². The molecular weight excluding hydrogens is 426 g/mol. The SMILES string of the molecule is Cc1ccccc1[C@H](NC(=O)COc1ccc(Cl)cc1Br)c1ccccc1. The predicted molar refractivity (Wildman–Crippen MR) is 112 cm³/mol. The van der Waals surface area contributed by atoms with Gasteiger partial charge in [0.25, 0.3) is 5.91 Å². The monoisotopic (exact) mass is 443 g/mol. The van der Waals surface area contributed by atoms with Crippen molar-refractivity contribution in [1.82, 2.24) is 5.32 Å². The molecule has 0 spiro atoms. The van der Waals surface area contributed by atoms with Gasteiger partial charge in [-0.1, -0.05) is 66.2 Å². The lowest BCUT2D eigenvalue weighted by Gasteiger charge is -2.22. The molecule has 0 unspecified atom stereocenters. The van der Waals surface area contributed by atoms with E-state index in [1.807, 2.05) is 61.5 Å². The minimum absolute atomic E-state index is 0.0879. The van der Waals surface area contributed by atoms with Crippen molar-refractivity contribution in [3.05, 3.63) is 99.0 Å². The molecule has 0 aliphatic carbocycles. The van der Waals surface area contributed by atoms with E-state index < -0.39 is 0 Å². The molecule has 5 heteroatoms. The summed E-state index contributed by atoms with van der Waals surface area (Å²) in [7, 11) is 0. The van der Waals surface area contributed by atoms with Crippen LogP contribution in [-0.4, -0.2) is 12.5 Å². The highest BCUT2D eigenvalue weighted by molar-refractivity contribution is 9.10. The molecule has 1 atom stereocenters. The fourth-order valence-corrected chi connectivity index (χ4v) is 3.63. The van der Waals surface area contributed by atoms with Crippen LogP contribution in [0.25, 0.3) is 0 Å². The number of hydrogen-bond acceptors (Lipinski definition) is 2. The second kappa shape index (κ2) is 9.07. The van der Waals surface area contributed by atoms with Gasteiger partial charge in [0, 0.05) is 5.02 Å². The number of halogens is 2. The Labute approximate surface area is 172 Å². The number of hydrogen-bond donors (Lipinski definition) is 1. The fourth-order valence-electron chi connectivity index (χ4n) is 2.84. The largest absolute Gasteiger partial charge is 0.483 e. The molecule has 1 N–H and O–H groups in total. The molecule has 3 nitrogen and oxygen atoms in total. The smallest absolute Gasteiger partial charge is 0.258 e. The molecule has 27 heavy (non-hydrogen) atoms. The summed E-state index contributed by atoms with van der Waals surface area (Å²) >= 11 is 9.32. The van der Waals surface area contributed by atoms with E-state index in [0.29, 0.717) is 15.2 Å². The maximum Gasteiger partial charge on any atom is 0.258 e. The van der Waals surface area contributed by atoms with Crippen LogP contribution in [-0.2, 0) is 4.79 Å². The summed E-state index contributed by atoms with van der Waals surface area (Å²) in [6.45, 7) is 1.95. The zero-order valence-electron chi connectivity index (χ0n) is 14.8. The first-order chi connectivity index (χ1) is 13.0. The summed E-state index contributed by atoms with van der Waals surface area (Å²) in [5.41, 5.74) is 3.20. The number of amides is 1. The molecule has 3 aromatic carbocycles. The molecule has 3 rings (SSSR count). The van der Waals surface area contributed by atoms with Crippen LogP contribution in [0.1, 0.15) is 22.7 Å². The van der Waals surface area contributed by atoms with Gasteiger partial charge in [-0.05, 0) is 57.7 Å². The molecular formula is C22H19BrClNO2. The van der Waals surface area contributed by atoms with Crippen LogP contribution in [0.2, 0.25) is 5.02 Å². The third-order valence-corrected chi connectivity index (χ3v) is 5.05. The molecule has 0 radical (unpaired) electrons. The molecule has 0 aromatic heterocycles. The molecule has 0 aliphatic rings. The Kier molecular flexibility index (Phi) is 6.54. The van der Waals surface area contributed by atoms with Crippen LogP contribution in [0, 0.1) is 6.92 Å². The summed E-state index contributed by atoms with van der Waals surface area (Å²) in [5, 5.41) is 3.69. The number of carbonyl (C=O) groups excluding carboxylic acids is 1. The number of rotatable bonds is 6. The molecule has 0 aliphatic heterocycles.